The van der Waals surface area contributed by atoms with Crippen molar-refractivity contribution in [3.05, 3.63) is 22.2 Å². The van der Waals surface area contributed by atoms with Crippen LogP contribution in [0, 0.1) is 11.8 Å². The van der Waals surface area contributed by atoms with Crippen molar-refractivity contribution in [2.75, 3.05) is 39.3 Å². The molecule has 0 radical (unpaired) electrons. The molecule has 3 rings (SSSR count). The van der Waals surface area contributed by atoms with Crippen LogP contribution in [0.1, 0.15) is 24.4 Å². The van der Waals surface area contributed by atoms with Crippen LogP contribution in [0.5, 0.6) is 0 Å². The highest BCUT2D eigenvalue weighted by Gasteiger charge is 2.38. The third kappa shape index (κ3) is 3.71. The van der Waals surface area contributed by atoms with Gasteiger partial charge in [-0.25, -0.2) is 0 Å². The first kappa shape index (κ1) is 17.2. The Morgan fingerprint density at radius 1 is 1.25 bits per heavy atom. The smallest absolute Gasteiger partial charge is 0.292 e. The molecule has 8 heteroatoms. The highest BCUT2D eigenvalue weighted by Crippen LogP contribution is 2.26. The Morgan fingerprint density at radius 3 is 2.50 bits per heavy atom. The van der Waals surface area contributed by atoms with Gasteiger partial charge in [0, 0.05) is 45.2 Å². The van der Waals surface area contributed by atoms with Crippen molar-refractivity contribution >= 4 is 5.91 Å². The summed E-state index contributed by atoms with van der Waals surface area (Å²) < 4.78 is 10.7. The Morgan fingerprint density at radius 2 is 1.92 bits per heavy atom. The van der Waals surface area contributed by atoms with Crippen LogP contribution in [0.2, 0.25) is 0 Å². The SMILES string of the molecule is C[C@@H]1CN(C[C@@H]2CN(C(=O)c3cc(=O)[nH]o3)C[C@@H]2CO)C[C@H](C)O1. The molecule has 4 atom stereocenters. The predicted molar refractivity (Wildman–Crippen MR) is 85.7 cm³/mol. The lowest BCUT2D eigenvalue weighted by Gasteiger charge is -2.37. The van der Waals surface area contributed by atoms with Gasteiger partial charge in [-0.2, -0.15) is 5.16 Å². The zero-order chi connectivity index (χ0) is 17.3. The molecule has 0 spiro atoms. The number of hydrogen-bond acceptors (Lipinski definition) is 6. The van der Waals surface area contributed by atoms with Crippen LogP contribution >= 0.6 is 0 Å². The summed E-state index contributed by atoms with van der Waals surface area (Å²) in [6, 6.07) is 1.16. The lowest BCUT2D eigenvalue weighted by Crippen LogP contribution is -2.48. The molecule has 0 saturated carbocycles. The fourth-order valence-corrected chi connectivity index (χ4v) is 3.83. The van der Waals surface area contributed by atoms with Crippen molar-refractivity contribution in [1.29, 1.82) is 0 Å². The Labute approximate surface area is 140 Å². The van der Waals surface area contributed by atoms with E-state index in [1.165, 1.54) is 0 Å². The number of H-pyrrole nitrogens is 1. The van der Waals surface area contributed by atoms with Crippen molar-refractivity contribution in [2.45, 2.75) is 26.1 Å². The number of aliphatic hydroxyl groups excluding tert-OH is 1. The van der Waals surface area contributed by atoms with Gasteiger partial charge in [0.25, 0.3) is 11.5 Å². The maximum Gasteiger partial charge on any atom is 0.292 e. The lowest BCUT2D eigenvalue weighted by atomic mass is 9.96. The molecule has 1 aromatic rings. The van der Waals surface area contributed by atoms with Gasteiger partial charge in [0.2, 0.25) is 5.76 Å². The molecule has 8 nitrogen and oxygen atoms in total. The van der Waals surface area contributed by atoms with Crippen LogP contribution in [-0.4, -0.2) is 77.5 Å². The minimum absolute atomic E-state index is 0.0194. The number of carbonyl (C=O) groups is 1. The van der Waals surface area contributed by atoms with Crippen LogP contribution < -0.4 is 5.56 Å². The van der Waals surface area contributed by atoms with Crippen LogP contribution in [-0.2, 0) is 4.74 Å². The van der Waals surface area contributed by atoms with E-state index >= 15 is 0 Å². The Balaban J connectivity index is 1.64. The van der Waals surface area contributed by atoms with Gasteiger partial charge in [0.05, 0.1) is 18.3 Å². The Hall–Kier alpha value is -1.64. The summed E-state index contributed by atoms with van der Waals surface area (Å²) in [4.78, 5) is 27.6. The third-order valence-electron chi connectivity index (χ3n) is 4.82. The molecule has 2 N–H and O–H groups in total. The Bertz CT molecular complexity index is 617. The van der Waals surface area contributed by atoms with E-state index in [0.29, 0.717) is 13.1 Å². The van der Waals surface area contributed by atoms with Crippen LogP contribution in [0.15, 0.2) is 15.4 Å². The lowest BCUT2D eigenvalue weighted by molar-refractivity contribution is -0.0726. The number of likely N-dealkylation sites (tertiary alicyclic amines) is 1. The number of nitrogens with one attached hydrogen (secondary N) is 1. The van der Waals surface area contributed by atoms with Crippen LogP contribution in [0.25, 0.3) is 0 Å². The summed E-state index contributed by atoms with van der Waals surface area (Å²) >= 11 is 0. The second-order valence-corrected chi connectivity index (χ2v) is 6.97. The number of aromatic amines is 1. The van der Waals surface area contributed by atoms with Gasteiger partial charge in [0.1, 0.15) is 0 Å². The van der Waals surface area contributed by atoms with E-state index < -0.39 is 5.56 Å². The average Bonchev–Trinajstić information content (AvgIpc) is 3.12. The van der Waals surface area contributed by atoms with Gasteiger partial charge in [-0.3, -0.25) is 14.5 Å². The van der Waals surface area contributed by atoms with Gasteiger partial charge in [-0.05, 0) is 19.8 Å². The summed E-state index contributed by atoms with van der Waals surface area (Å²) in [5, 5.41) is 11.8. The van der Waals surface area contributed by atoms with Crippen molar-refractivity contribution in [3.8, 4) is 0 Å². The number of hydrogen-bond donors (Lipinski definition) is 2. The zero-order valence-corrected chi connectivity index (χ0v) is 14.1. The monoisotopic (exact) mass is 339 g/mol. The van der Waals surface area contributed by atoms with E-state index in [4.69, 9.17) is 9.26 Å². The predicted octanol–water partition coefficient (Wildman–Crippen LogP) is -0.242. The average molecular weight is 339 g/mol. The molecule has 0 unspecified atom stereocenters. The maximum absolute atomic E-state index is 12.4. The molecular formula is C16H25N3O5. The molecule has 24 heavy (non-hydrogen) atoms. The minimum atomic E-state index is -0.427. The number of aromatic nitrogens is 1. The molecule has 2 aliphatic rings. The molecule has 2 fully saturated rings. The van der Waals surface area contributed by atoms with E-state index in [2.05, 4.69) is 23.9 Å². The molecule has 3 heterocycles. The quantitative estimate of drug-likeness (QED) is 0.785. The normalized spacial score (nSPS) is 31.5. The highest BCUT2D eigenvalue weighted by molar-refractivity contribution is 5.91. The van der Waals surface area contributed by atoms with Crippen molar-refractivity contribution in [2.24, 2.45) is 11.8 Å². The van der Waals surface area contributed by atoms with Gasteiger partial charge in [-0.15, -0.1) is 0 Å². The van der Waals surface area contributed by atoms with E-state index in [-0.39, 0.29) is 42.3 Å². The Kier molecular flexibility index (Phi) is 5.07. The highest BCUT2D eigenvalue weighted by atomic mass is 16.5. The van der Waals surface area contributed by atoms with Crippen molar-refractivity contribution in [1.82, 2.24) is 15.0 Å². The number of nitrogens with zero attached hydrogens (tertiary/aromatic N) is 2. The van der Waals surface area contributed by atoms with Crippen LogP contribution in [0.4, 0.5) is 0 Å². The number of aliphatic hydroxyl groups is 1. The van der Waals surface area contributed by atoms with Gasteiger partial charge in [-0.1, -0.05) is 0 Å². The number of ether oxygens (including phenoxy) is 1. The maximum atomic E-state index is 12.4. The zero-order valence-electron chi connectivity index (χ0n) is 14.1. The third-order valence-corrected chi connectivity index (χ3v) is 4.82. The van der Waals surface area contributed by atoms with E-state index in [9.17, 15) is 14.7 Å². The minimum Gasteiger partial charge on any atom is -0.396 e. The number of rotatable bonds is 4. The van der Waals surface area contributed by atoms with Crippen LogP contribution in [0.3, 0.4) is 0 Å². The van der Waals surface area contributed by atoms with E-state index in [1.54, 1.807) is 4.90 Å². The number of morpholine rings is 1. The standard InChI is InChI=1S/C16H25N3O5/c1-10-4-18(5-11(2)23-10)6-12-7-19(8-13(12)9-20)16(22)14-3-15(21)17-24-14/h3,10-13,20H,4-9H2,1-2H3,(H,17,21)/t10-,11+,12-,13-/m1/s1. The summed E-state index contributed by atoms with van der Waals surface area (Å²) in [7, 11) is 0. The molecule has 1 aromatic heterocycles. The summed E-state index contributed by atoms with van der Waals surface area (Å²) in [5.74, 6) is -0.0563. The molecule has 0 aliphatic carbocycles. The first-order valence-corrected chi connectivity index (χ1v) is 8.42. The molecular weight excluding hydrogens is 314 g/mol. The largest absolute Gasteiger partial charge is 0.396 e. The second-order valence-electron chi connectivity index (χ2n) is 6.97. The molecule has 2 saturated heterocycles. The van der Waals surface area contributed by atoms with Gasteiger partial charge in [0.15, 0.2) is 0 Å². The number of amides is 1. The second kappa shape index (κ2) is 7.08. The molecule has 0 bridgehead atoms. The fourth-order valence-electron chi connectivity index (χ4n) is 3.83. The summed E-state index contributed by atoms with van der Waals surface area (Å²) in [6.07, 6.45) is 0.379. The molecule has 2 aliphatic heterocycles. The van der Waals surface area contributed by atoms with Crippen molar-refractivity contribution in [3.63, 3.8) is 0 Å². The number of carbonyl (C=O) groups excluding carboxylic acids is 1. The van der Waals surface area contributed by atoms with Crippen molar-refractivity contribution < 1.29 is 19.2 Å². The first-order valence-electron chi connectivity index (χ1n) is 8.42. The summed E-state index contributed by atoms with van der Waals surface area (Å²) in [5.41, 5.74) is -0.427. The topological polar surface area (TPSA) is 99.0 Å². The van der Waals surface area contributed by atoms with Gasteiger partial charge < -0.3 is 19.3 Å². The first-order chi connectivity index (χ1) is 11.5. The fraction of sp³-hybridized carbons (Fsp3) is 0.750. The molecule has 134 valence electrons. The van der Waals surface area contributed by atoms with Gasteiger partial charge >= 0.3 is 0 Å². The summed E-state index contributed by atoms with van der Waals surface area (Å²) in [6.45, 7) is 7.74. The molecule has 0 aromatic carbocycles. The van der Waals surface area contributed by atoms with E-state index in [0.717, 1.165) is 25.7 Å². The van der Waals surface area contributed by atoms with E-state index in [1.807, 2.05) is 0 Å². The molecule has 1 amide bonds.